The standard InChI is InChI=1S/C13H19NO3/c1-11-5-4-7-14(13(11)15)8-10-17-12-6-2-3-9-16-12/h4-5,7,12H,2-3,6,8-10H2,1H3. The maximum absolute atomic E-state index is 11.7. The summed E-state index contributed by atoms with van der Waals surface area (Å²) >= 11 is 0. The molecule has 0 N–H and O–H groups in total. The quantitative estimate of drug-likeness (QED) is 0.800. The van der Waals surface area contributed by atoms with E-state index in [2.05, 4.69) is 0 Å². The van der Waals surface area contributed by atoms with E-state index in [0.29, 0.717) is 13.2 Å². The van der Waals surface area contributed by atoms with E-state index in [1.807, 2.05) is 19.1 Å². The molecule has 4 heteroatoms. The predicted octanol–water partition coefficient (Wildman–Crippen LogP) is 1.70. The van der Waals surface area contributed by atoms with Crippen LogP contribution in [0, 0.1) is 6.92 Å². The van der Waals surface area contributed by atoms with Crippen molar-refractivity contribution in [3.05, 3.63) is 34.2 Å². The molecule has 0 spiro atoms. The Morgan fingerprint density at radius 2 is 2.41 bits per heavy atom. The largest absolute Gasteiger partial charge is 0.353 e. The zero-order valence-corrected chi connectivity index (χ0v) is 10.2. The Bertz CT molecular complexity index is 407. The van der Waals surface area contributed by atoms with E-state index in [1.165, 1.54) is 0 Å². The lowest BCUT2D eigenvalue weighted by Gasteiger charge is -2.22. The van der Waals surface area contributed by atoms with Gasteiger partial charge in [-0.1, -0.05) is 6.07 Å². The zero-order chi connectivity index (χ0) is 12.1. The first-order valence-electron chi connectivity index (χ1n) is 6.16. The first kappa shape index (κ1) is 12.3. The average Bonchev–Trinajstić information content (AvgIpc) is 2.36. The SMILES string of the molecule is Cc1cccn(CCOC2CCCCO2)c1=O. The summed E-state index contributed by atoms with van der Waals surface area (Å²) in [4.78, 5) is 11.7. The number of hydrogen-bond acceptors (Lipinski definition) is 3. The third kappa shape index (κ3) is 3.41. The van der Waals surface area contributed by atoms with Crippen LogP contribution in [-0.2, 0) is 16.0 Å². The molecule has 0 saturated carbocycles. The number of ether oxygens (including phenoxy) is 2. The summed E-state index contributed by atoms with van der Waals surface area (Å²) in [5.41, 5.74) is 0.821. The number of aromatic nitrogens is 1. The van der Waals surface area contributed by atoms with Crippen molar-refractivity contribution in [3.63, 3.8) is 0 Å². The van der Waals surface area contributed by atoms with Crippen LogP contribution in [0.3, 0.4) is 0 Å². The van der Waals surface area contributed by atoms with Crippen LogP contribution >= 0.6 is 0 Å². The summed E-state index contributed by atoms with van der Waals surface area (Å²) in [6.07, 6.45) is 4.96. The van der Waals surface area contributed by atoms with Gasteiger partial charge < -0.3 is 14.0 Å². The fourth-order valence-corrected chi connectivity index (χ4v) is 1.96. The first-order valence-corrected chi connectivity index (χ1v) is 6.16. The fourth-order valence-electron chi connectivity index (χ4n) is 1.96. The van der Waals surface area contributed by atoms with Crippen molar-refractivity contribution in [2.45, 2.75) is 39.0 Å². The van der Waals surface area contributed by atoms with Gasteiger partial charge in [-0.3, -0.25) is 4.79 Å². The highest BCUT2D eigenvalue weighted by atomic mass is 16.7. The molecule has 1 atom stereocenters. The number of rotatable bonds is 4. The summed E-state index contributed by atoms with van der Waals surface area (Å²) in [6.45, 7) is 3.72. The molecule has 1 aromatic heterocycles. The second kappa shape index (κ2) is 5.98. The third-order valence-corrected chi connectivity index (χ3v) is 2.98. The highest BCUT2D eigenvalue weighted by Gasteiger charge is 2.13. The summed E-state index contributed by atoms with van der Waals surface area (Å²) in [6, 6.07) is 3.71. The van der Waals surface area contributed by atoms with Crippen molar-refractivity contribution in [2.75, 3.05) is 13.2 Å². The Morgan fingerprint density at radius 3 is 3.18 bits per heavy atom. The van der Waals surface area contributed by atoms with E-state index in [9.17, 15) is 4.79 Å². The van der Waals surface area contributed by atoms with Crippen LogP contribution < -0.4 is 5.56 Å². The second-order valence-electron chi connectivity index (χ2n) is 4.36. The Hall–Kier alpha value is -1.13. The van der Waals surface area contributed by atoms with Gasteiger partial charge in [0.05, 0.1) is 6.61 Å². The van der Waals surface area contributed by atoms with Gasteiger partial charge in [0.2, 0.25) is 0 Å². The predicted molar refractivity (Wildman–Crippen MR) is 65.0 cm³/mol. The van der Waals surface area contributed by atoms with Crippen LogP contribution in [-0.4, -0.2) is 24.1 Å². The molecule has 2 rings (SSSR count). The van der Waals surface area contributed by atoms with Crippen molar-refractivity contribution in [1.29, 1.82) is 0 Å². The molecule has 0 radical (unpaired) electrons. The van der Waals surface area contributed by atoms with Crippen molar-refractivity contribution in [1.82, 2.24) is 4.57 Å². The van der Waals surface area contributed by atoms with E-state index in [1.54, 1.807) is 10.8 Å². The fraction of sp³-hybridized carbons (Fsp3) is 0.615. The number of aryl methyl sites for hydroxylation is 1. The molecule has 1 unspecified atom stereocenters. The van der Waals surface area contributed by atoms with Crippen LogP contribution in [0.4, 0.5) is 0 Å². The third-order valence-electron chi connectivity index (χ3n) is 2.98. The highest BCUT2D eigenvalue weighted by Crippen LogP contribution is 2.13. The van der Waals surface area contributed by atoms with Gasteiger partial charge in [-0.25, -0.2) is 0 Å². The van der Waals surface area contributed by atoms with Crippen LogP contribution in [0.5, 0.6) is 0 Å². The molecule has 94 valence electrons. The minimum absolute atomic E-state index is 0.0562. The monoisotopic (exact) mass is 237 g/mol. The topological polar surface area (TPSA) is 40.5 Å². The molecule has 4 nitrogen and oxygen atoms in total. The van der Waals surface area contributed by atoms with Gasteiger partial charge in [0, 0.05) is 24.9 Å². The maximum Gasteiger partial charge on any atom is 0.253 e. The van der Waals surface area contributed by atoms with Gasteiger partial charge in [0.25, 0.3) is 5.56 Å². The van der Waals surface area contributed by atoms with E-state index in [0.717, 1.165) is 31.4 Å². The smallest absolute Gasteiger partial charge is 0.253 e. The summed E-state index contributed by atoms with van der Waals surface area (Å²) in [7, 11) is 0. The molecule has 17 heavy (non-hydrogen) atoms. The molecule has 1 aliphatic heterocycles. The normalized spacial score (nSPS) is 20.4. The van der Waals surface area contributed by atoms with Crippen LogP contribution in [0.25, 0.3) is 0 Å². The number of hydrogen-bond donors (Lipinski definition) is 0. The summed E-state index contributed by atoms with van der Waals surface area (Å²) in [5, 5.41) is 0. The number of pyridine rings is 1. The highest BCUT2D eigenvalue weighted by molar-refractivity contribution is 5.07. The van der Waals surface area contributed by atoms with Gasteiger partial charge in [0.15, 0.2) is 6.29 Å². The minimum atomic E-state index is -0.0794. The summed E-state index contributed by atoms with van der Waals surface area (Å²) in [5.74, 6) is 0. The Balaban J connectivity index is 1.81. The molecule has 1 saturated heterocycles. The minimum Gasteiger partial charge on any atom is -0.353 e. The average molecular weight is 237 g/mol. The van der Waals surface area contributed by atoms with Gasteiger partial charge in [0.1, 0.15) is 0 Å². The molecule has 0 aromatic carbocycles. The second-order valence-corrected chi connectivity index (χ2v) is 4.36. The van der Waals surface area contributed by atoms with Crippen molar-refractivity contribution in [3.8, 4) is 0 Å². The zero-order valence-electron chi connectivity index (χ0n) is 10.2. The van der Waals surface area contributed by atoms with Crippen LogP contribution in [0.1, 0.15) is 24.8 Å². The maximum atomic E-state index is 11.7. The van der Waals surface area contributed by atoms with E-state index < -0.39 is 0 Å². The van der Waals surface area contributed by atoms with Crippen LogP contribution in [0.2, 0.25) is 0 Å². The Morgan fingerprint density at radius 1 is 1.53 bits per heavy atom. The summed E-state index contributed by atoms with van der Waals surface area (Å²) < 4.78 is 12.7. The van der Waals surface area contributed by atoms with E-state index in [-0.39, 0.29) is 11.8 Å². The first-order chi connectivity index (χ1) is 8.27. The van der Waals surface area contributed by atoms with Crippen molar-refractivity contribution in [2.24, 2.45) is 0 Å². The van der Waals surface area contributed by atoms with Gasteiger partial charge >= 0.3 is 0 Å². The van der Waals surface area contributed by atoms with Gasteiger partial charge in [-0.15, -0.1) is 0 Å². The number of nitrogens with zero attached hydrogens (tertiary/aromatic N) is 1. The van der Waals surface area contributed by atoms with Gasteiger partial charge in [-0.05, 0) is 32.3 Å². The molecule has 0 amide bonds. The van der Waals surface area contributed by atoms with Crippen LogP contribution in [0.15, 0.2) is 23.1 Å². The lowest BCUT2D eigenvalue weighted by molar-refractivity contribution is -0.163. The molecular formula is C13H19NO3. The molecular weight excluding hydrogens is 218 g/mol. The molecule has 0 aliphatic carbocycles. The van der Waals surface area contributed by atoms with Gasteiger partial charge in [-0.2, -0.15) is 0 Å². The lowest BCUT2D eigenvalue weighted by Crippen LogP contribution is -2.27. The molecule has 1 aromatic rings. The molecule has 1 fully saturated rings. The molecule has 0 bridgehead atoms. The molecule has 1 aliphatic rings. The van der Waals surface area contributed by atoms with E-state index >= 15 is 0 Å². The molecule has 2 heterocycles. The lowest BCUT2D eigenvalue weighted by atomic mass is 10.2. The van der Waals surface area contributed by atoms with Crippen molar-refractivity contribution < 1.29 is 9.47 Å². The Kier molecular flexibility index (Phi) is 4.34. The van der Waals surface area contributed by atoms with E-state index in [4.69, 9.17) is 9.47 Å². The van der Waals surface area contributed by atoms with Crippen molar-refractivity contribution >= 4 is 0 Å². The Labute approximate surface area is 101 Å².